The van der Waals surface area contributed by atoms with Crippen LogP contribution in [0.1, 0.15) is 11.1 Å². The Hall–Kier alpha value is -1.90. The fourth-order valence-corrected chi connectivity index (χ4v) is 5.28. The zero-order valence-corrected chi connectivity index (χ0v) is 17.5. The van der Waals surface area contributed by atoms with Gasteiger partial charge in [0.25, 0.3) is 0 Å². The molecule has 1 fully saturated rings. The number of hydrogen-bond acceptors (Lipinski definition) is 4. The highest BCUT2D eigenvalue weighted by Crippen LogP contribution is 2.22. The number of benzene rings is 2. The van der Waals surface area contributed by atoms with E-state index in [0.29, 0.717) is 18.0 Å². The molecule has 8 heteroatoms. The third-order valence-corrected chi connectivity index (χ3v) is 7.77. The fraction of sp³-hybridized carbons (Fsp3) is 0.350. The van der Waals surface area contributed by atoms with E-state index in [1.807, 2.05) is 19.9 Å². The Morgan fingerprint density at radius 2 is 1.64 bits per heavy atom. The number of carbonyl (C=O) groups excluding carboxylic acids is 1. The zero-order chi connectivity index (χ0) is 20.3. The molecule has 1 aliphatic rings. The molecule has 0 spiro atoms. The normalized spacial score (nSPS) is 15.6. The molecular formula is C20H23FN2O3S2. The van der Waals surface area contributed by atoms with Gasteiger partial charge < -0.3 is 4.90 Å². The molecule has 0 atom stereocenters. The molecule has 2 aromatic rings. The lowest BCUT2D eigenvalue weighted by atomic mass is 10.1. The molecule has 150 valence electrons. The molecule has 3 rings (SSSR count). The summed E-state index contributed by atoms with van der Waals surface area (Å²) in [5, 5.41) is 0. The standard InChI is InChI=1S/C20H23FN2O3S2/c1-15-3-8-19(13-16(15)2)28(25,26)23-11-9-22(10-12-23)20(24)14-27-18-6-4-17(21)5-7-18/h3-8,13H,9-12,14H2,1-2H3. The van der Waals surface area contributed by atoms with Gasteiger partial charge in [-0.25, -0.2) is 12.8 Å². The number of carbonyl (C=O) groups is 1. The minimum absolute atomic E-state index is 0.0439. The van der Waals surface area contributed by atoms with Crippen LogP contribution in [0, 0.1) is 19.7 Å². The number of hydrogen-bond donors (Lipinski definition) is 0. The molecule has 1 heterocycles. The third kappa shape index (κ3) is 4.74. The van der Waals surface area contributed by atoms with Crippen molar-refractivity contribution < 1.29 is 17.6 Å². The number of rotatable bonds is 5. The van der Waals surface area contributed by atoms with Gasteiger partial charge >= 0.3 is 0 Å². The Bertz CT molecular complexity index is 954. The molecule has 5 nitrogen and oxygen atoms in total. The van der Waals surface area contributed by atoms with Gasteiger partial charge in [-0.15, -0.1) is 11.8 Å². The minimum Gasteiger partial charge on any atom is -0.339 e. The summed E-state index contributed by atoms with van der Waals surface area (Å²) in [6.45, 7) is 5.13. The molecule has 0 unspecified atom stereocenters. The Kier molecular flexibility index (Phi) is 6.42. The van der Waals surface area contributed by atoms with Crippen LogP contribution in [0.4, 0.5) is 4.39 Å². The second-order valence-electron chi connectivity index (χ2n) is 6.77. The summed E-state index contributed by atoms with van der Waals surface area (Å²) in [6.07, 6.45) is 0. The van der Waals surface area contributed by atoms with Crippen LogP contribution in [0.25, 0.3) is 0 Å². The molecule has 0 aromatic heterocycles. The van der Waals surface area contributed by atoms with E-state index in [1.54, 1.807) is 29.2 Å². The summed E-state index contributed by atoms with van der Waals surface area (Å²) in [5.41, 5.74) is 1.99. The van der Waals surface area contributed by atoms with Crippen LogP contribution in [0.5, 0.6) is 0 Å². The van der Waals surface area contributed by atoms with Crippen molar-refractivity contribution in [2.45, 2.75) is 23.6 Å². The van der Waals surface area contributed by atoms with Crippen LogP contribution in [0.15, 0.2) is 52.3 Å². The average Bonchev–Trinajstić information content (AvgIpc) is 2.69. The van der Waals surface area contributed by atoms with Crippen molar-refractivity contribution in [3.8, 4) is 0 Å². The van der Waals surface area contributed by atoms with Crippen LogP contribution in [0.2, 0.25) is 0 Å². The summed E-state index contributed by atoms with van der Waals surface area (Å²) in [6, 6.07) is 11.2. The number of thioether (sulfide) groups is 1. The van der Waals surface area contributed by atoms with E-state index in [9.17, 15) is 17.6 Å². The van der Waals surface area contributed by atoms with Crippen molar-refractivity contribution in [3.63, 3.8) is 0 Å². The largest absolute Gasteiger partial charge is 0.339 e. The van der Waals surface area contributed by atoms with E-state index in [1.165, 1.54) is 28.2 Å². The average molecular weight is 423 g/mol. The van der Waals surface area contributed by atoms with Gasteiger partial charge in [0, 0.05) is 31.1 Å². The Balaban J connectivity index is 1.56. The Labute approximate surface area is 169 Å². The number of nitrogens with zero attached hydrogens (tertiary/aromatic N) is 2. The first-order valence-electron chi connectivity index (χ1n) is 9.01. The van der Waals surface area contributed by atoms with Crippen LogP contribution in [-0.2, 0) is 14.8 Å². The van der Waals surface area contributed by atoms with Crippen molar-refractivity contribution in [1.82, 2.24) is 9.21 Å². The molecule has 0 aliphatic carbocycles. The van der Waals surface area contributed by atoms with Crippen molar-refractivity contribution >= 4 is 27.7 Å². The fourth-order valence-electron chi connectivity index (χ4n) is 2.97. The van der Waals surface area contributed by atoms with Crippen LogP contribution >= 0.6 is 11.8 Å². The highest BCUT2D eigenvalue weighted by atomic mass is 32.2. The van der Waals surface area contributed by atoms with Gasteiger partial charge in [-0.3, -0.25) is 4.79 Å². The van der Waals surface area contributed by atoms with E-state index in [-0.39, 0.29) is 30.6 Å². The predicted molar refractivity (Wildman–Crippen MR) is 108 cm³/mol. The van der Waals surface area contributed by atoms with Gasteiger partial charge in [0.1, 0.15) is 5.82 Å². The molecule has 0 bridgehead atoms. The molecule has 28 heavy (non-hydrogen) atoms. The quantitative estimate of drug-likeness (QED) is 0.695. The number of halogens is 1. The highest BCUT2D eigenvalue weighted by Gasteiger charge is 2.30. The summed E-state index contributed by atoms with van der Waals surface area (Å²) in [4.78, 5) is 15.2. The van der Waals surface area contributed by atoms with E-state index in [0.717, 1.165) is 16.0 Å². The van der Waals surface area contributed by atoms with Crippen molar-refractivity contribution in [3.05, 3.63) is 59.4 Å². The van der Waals surface area contributed by atoms with Gasteiger partial charge in [0.15, 0.2) is 0 Å². The number of amides is 1. The Morgan fingerprint density at radius 3 is 2.25 bits per heavy atom. The molecule has 0 saturated carbocycles. The first-order valence-corrected chi connectivity index (χ1v) is 11.4. The lowest BCUT2D eigenvalue weighted by Gasteiger charge is -2.34. The summed E-state index contributed by atoms with van der Waals surface area (Å²) in [7, 11) is -3.56. The van der Waals surface area contributed by atoms with E-state index in [4.69, 9.17) is 0 Å². The second-order valence-corrected chi connectivity index (χ2v) is 9.76. The van der Waals surface area contributed by atoms with E-state index >= 15 is 0 Å². The van der Waals surface area contributed by atoms with Crippen molar-refractivity contribution in [2.24, 2.45) is 0 Å². The lowest BCUT2D eigenvalue weighted by Crippen LogP contribution is -2.50. The molecule has 0 radical (unpaired) electrons. The van der Waals surface area contributed by atoms with Crippen LogP contribution < -0.4 is 0 Å². The molecule has 0 N–H and O–H groups in total. The van der Waals surface area contributed by atoms with Gasteiger partial charge in [0.2, 0.25) is 15.9 Å². The van der Waals surface area contributed by atoms with Crippen LogP contribution in [0.3, 0.4) is 0 Å². The third-order valence-electron chi connectivity index (χ3n) is 4.88. The predicted octanol–water partition coefficient (Wildman–Crippen LogP) is 3.07. The molecule has 1 saturated heterocycles. The van der Waals surface area contributed by atoms with Crippen molar-refractivity contribution in [2.75, 3.05) is 31.9 Å². The Morgan fingerprint density at radius 1 is 1.00 bits per heavy atom. The van der Waals surface area contributed by atoms with E-state index < -0.39 is 10.0 Å². The molecular weight excluding hydrogens is 399 g/mol. The second kappa shape index (κ2) is 8.63. The number of sulfonamides is 1. The number of aryl methyl sites for hydroxylation is 2. The minimum atomic E-state index is -3.56. The monoisotopic (exact) mass is 422 g/mol. The maximum absolute atomic E-state index is 12.9. The number of piperazine rings is 1. The van der Waals surface area contributed by atoms with Crippen LogP contribution in [-0.4, -0.2) is 55.5 Å². The van der Waals surface area contributed by atoms with Gasteiger partial charge in [-0.05, 0) is 61.4 Å². The summed E-state index contributed by atoms with van der Waals surface area (Å²) >= 11 is 1.35. The van der Waals surface area contributed by atoms with Gasteiger partial charge in [0.05, 0.1) is 10.6 Å². The summed E-state index contributed by atoms with van der Waals surface area (Å²) in [5.74, 6) is -0.107. The lowest BCUT2D eigenvalue weighted by molar-refractivity contribution is -0.129. The molecule has 1 aliphatic heterocycles. The first-order chi connectivity index (χ1) is 13.3. The van der Waals surface area contributed by atoms with E-state index in [2.05, 4.69) is 0 Å². The molecule has 1 amide bonds. The smallest absolute Gasteiger partial charge is 0.243 e. The van der Waals surface area contributed by atoms with Gasteiger partial charge in [-0.2, -0.15) is 4.31 Å². The summed E-state index contributed by atoms with van der Waals surface area (Å²) < 4.78 is 40.1. The van der Waals surface area contributed by atoms with Crippen molar-refractivity contribution in [1.29, 1.82) is 0 Å². The maximum atomic E-state index is 12.9. The van der Waals surface area contributed by atoms with Gasteiger partial charge in [-0.1, -0.05) is 6.07 Å². The maximum Gasteiger partial charge on any atom is 0.243 e. The molecule has 2 aromatic carbocycles. The topological polar surface area (TPSA) is 57.7 Å². The SMILES string of the molecule is Cc1ccc(S(=O)(=O)N2CCN(C(=O)CSc3ccc(F)cc3)CC2)cc1C. The first kappa shape index (κ1) is 20.8. The zero-order valence-electron chi connectivity index (χ0n) is 15.9. The highest BCUT2D eigenvalue weighted by molar-refractivity contribution is 8.00.